The van der Waals surface area contributed by atoms with Crippen molar-refractivity contribution < 1.29 is 32.2 Å². The second kappa shape index (κ2) is 14.2. The SMILES string of the molecule is CCCCOC(=O)c1ccc(C(CCC)C(NC(=O)c2ccc(Cl)cc2C)c2ccc(OC(F)(F)F)cc2)cc1. The van der Waals surface area contributed by atoms with E-state index in [4.69, 9.17) is 16.3 Å². The second-order valence-corrected chi connectivity index (χ2v) is 9.97. The van der Waals surface area contributed by atoms with Gasteiger partial charge in [0.05, 0.1) is 18.2 Å². The molecule has 0 aliphatic carbocycles. The molecule has 2 atom stereocenters. The van der Waals surface area contributed by atoms with Crippen LogP contribution in [0.2, 0.25) is 5.02 Å². The Hall–Kier alpha value is -3.52. The monoisotopic (exact) mass is 575 g/mol. The van der Waals surface area contributed by atoms with Crippen LogP contribution in [0.15, 0.2) is 66.7 Å². The summed E-state index contributed by atoms with van der Waals surface area (Å²) in [6.45, 7) is 6.15. The number of hydrogen-bond donors (Lipinski definition) is 1. The van der Waals surface area contributed by atoms with Gasteiger partial charge in [0.15, 0.2) is 0 Å². The lowest BCUT2D eigenvalue weighted by Crippen LogP contribution is -2.33. The summed E-state index contributed by atoms with van der Waals surface area (Å²) in [4.78, 5) is 25.8. The Morgan fingerprint density at radius 1 is 0.925 bits per heavy atom. The largest absolute Gasteiger partial charge is 0.573 e. The summed E-state index contributed by atoms with van der Waals surface area (Å²) in [6, 6.07) is 16.9. The minimum absolute atomic E-state index is 0.249. The number of alkyl halides is 3. The van der Waals surface area contributed by atoms with Crippen molar-refractivity contribution in [2.75, 3.05) is 6.61 Å². The van der Waals surface area contributed by atoms with Crippen molar-refractivity contribution in [2.45, 2.75) is 64.8 Å². The summed E-state index contributed by atoms with van der Waals surface area (Å²) in [7, 11) is 0. The van der Waals surface area contributed by atoms with Gasteiger partial charge in [-0.1, -0.05) is 62.6 Å². The maximum absolute atomic E-state index is 13.4. The highest BCUT2D eigenvalue weighted by molar-refractivity contribution is 6.30. The van der Waals surface area contributed by atoms with Crippen LogP contribution in [0.1, 0.15) is 88.9 Å². The van der Waals surface area contributed by atoms with Gasteiger partial charge in [-0.15, -0.1) is 13.2 Å². The number of hydrogen-bond acceptors (Lipinski definition) is 4. The van der Waals surface area contributed by atoms with Gasteiger partial charge >= 0.3 is 12.3 Å². The molecule has 3 aromatic rings. The minimum Gasteiger partial charge on any atom is -0.462 e. The Bertz CT molecular complexity index is 1280. The van der Waals surface area contributed by atoms with Crippen LogP contribution in [-0.4, -0.2) is 24.8 Å². The lowest BCUT2D eigenvalue weighted by molar-refractivity contribution is -0.274. The van der Waals surface area contributed by atoms with Crippen molar-refractivity contribution in [1.82, 2.24) is 5.32 Å². The van der Waals surface area contributed by atoms with E-state index in [2.05, 4.69) is 10.1 Å². The summed E-state index contributed by atoms with van der Waals surface area (Å²) < 4.78 is 47.5. The number of amides is 1. The zero-order valence-electron chi connectivity index (χ0n) is 22.7. The highest BCUT2D eigenvalue weighted by atomic mass is 35.5. The van der Waals surface area contributed by atoms with Crippen molar-refractivity contribution in [1.29, 1.82) is 0 Å². The first-order chi connectivity index (χ1) is 19.0. The maximum Gasteiger partial charge on any atom is 0.573 e. The minimum atomic E-state index is -4.81. The predicted octanol–water partition coefficient (Wildman–Crippen LogP) is 8.56. The van der Waals surface area contributed by atoms with Gasteiger partial charge in [-0.3, -0.25) is 4.79 Å². The van der Waals surface area contributed by atoms with Crippen LogP contribution >= 0.6 is 11.6 Å². The van der Waals surface area contributed by atoms with Crippen LogP contribution in [0.3, 0.4) is 0 Å². The number of benzene rings is 3. The Balaban J connectivity index is 1.96. The van der Waals surface area contributed by atoms with Gasteiger partial charge in [-0.05, 0) is 78.9 Å². The summed E-state index contributed by atoms with van der Waals surface area (Å²) in [5, 5.41) is 3.60. The Morgan fingerprint density at radius 2 is 1.57 bits per heavy atom. The van der Waals surface area contributed by atoms with E-state index in [1.54, 1.807) is 37.3 Å². The van der Waals surface area contributed by atoms with Crippen molar-refractivity contribution in [2.24, 2.45) is 0 Å². The molecule has 0 bridgehead atoms. The molecule has 2 unspecified atom stereocenters. The molecule has 214 valence electrons. The number of aryl methyl sites for hydroxylation is 1. The fourth-order valence-electron chi connectivity index (χ4n) is 4.49. The molecule has 0 radical (unpaired) electrons. The van der Waals surface area contributed by atoms with Crippen molar-refractivity contribution >= 4 is 23.5 Å². The number of carbonyl (C=O) groups is 2. The van der Waals surface area contributed by atoms with E-state index in [0.29, 0.717) is 40.3 Å². The van der Waals surface area contributed by atoms with Crippen LogP contribution in [0.25, 0.3) is 0 Å². The molecule has 0 aliphatic rings. The molecule has 3 rings (SSSR count). The van der Waals surface area contributed by atoms with Crippen LogP contribution < -0.4 is 10.1 Å². The molecular weight excluding hydrogens is 543 g/mol. The van der Waals surface area contributed by atoms with E-state index in [9.17, 15) is 22.8 Å². The van der Waals surface area contributed by atoms with Crippen LogP contribution in [-0.2, 0) is 4.74 Å². The maximum atomic E-state index is 13.4. The Morgan fingerprint density at radius 3 is 2.15 bits per heavy atom. The van der Waals surface area contributed by atoms with Crippen molar-refractivity contribution in [3.05, 3.63) is 99.6 Å². The van der Waals surface area contributed by atoms with Crippen molar-refractivity contribution in [3.63, 3.8) is 0 Å². The average Bonchev–Trinajstić information content (AvgIpc) is 2.90. The van der Waals surface area contributed by atoms with Crippen LogP contribution in [0.4, 0.5) is 13.2 Å². The molecule has 1 amide bonds. The predicted molar refractivity (Wildman–Crippen MR) is 149 cm³/mol. The molecule has 0 aromatic heterocycles. The molecule has 0 heterocycles. The van der Waals surface area contributed by atoms with E-state index in [0.717, 1.165) is 24.8 Å². The van der Waals surface area contributed by atoms with Crippen LogP contribution in [0, 0.1) is 6.92 Å². The third kappa shape index (κ3) is 8.74. The van der Waals surface area contributed by atoms with E-state index in [1.165, 1.54) is 24.3 Å². The molecule has 1 N–H and O–H groups in total. The van der Waals surface area contributed by atoms with Gasteiger partial charge in [0.25, 0.3) is 5.91 Å². The average molecular weight is 576 g/mol. The number of rotatable bonds is 12. The van der Waals surface area contributed by atoms with E-state index in [-0.39, 0.29) is 17.6 Å². The molecule has 0 fully saturated rings. The number of ether oxygens (including phenoxy) is 2. The molecule has 3 aromatic carbocycles. The smallest absolute Gasteiger partial charge is 0.462 e. The zero-order valence-corrected chi connectivity index (χ0v) is 23.4. The van der Waals surface area contributed by atoms with Gasteiger partial charge < -0.3 is 14.8 Å². The fraction of sp³-hybridized carbons (Fsp3) is 0.355. The first kappa shape index (κ1) is 31.0. The highest BCUT2D eigenvalue weighted by Gasteiger charge is 2.32. The van der Waals surface area contributed by atoms with Crippen LogP contribution in [0.5, 0.6) is 5.75 Å². The molecule has 0 spiro atoms. The standard InChI is InChI=1S/C31H33ClF3NO4/c1-4-6-18-39-30(38)23-10-8-21(9-11-23)27(7-5-2)28(22-12-15-25(16-13-22)40-31(33,34)35)36-29(37)26-17-14-24(32)19-20(26)3/h8-17,19,27-28H,4-7,18H2,1-3H3,(H,36,37). The van der Waals surface area contributed by atoms with Gasteiger partial charge in [-0.25, -0.2) is 4.79 Å². The summed E-state index contributed by atoms with van der Waals surface area (Å²) in [5.41, 5.74) is 3.01. The molecular formula is C31H33ClF3NO4. The van der Waals surface area contributed by atoms with Gasteiger partial charge in [0.1, 0.15) is 5.75 Å². The zero-order chi connectivity index (χ0) is 29.3. The molecule has 40 heavy (non-hydrogen) atoms. The number of nitrogens with one attached hydrogen (secondary N) is 1. The normalized spacial score (nSPS) is 12.9. The molecule has 0 saturated carbocycles. The quantitative estimate of drug-likeness (QED) is 0.173. The molecule has 5 nitrogen and oxygen atoms in total. The van der Waals surface area contributed by atoms with Gasteiger partial charge in [0.2, 0.25) is 0 Å². The fourth-order valence-corrected chi connectivity index (χ4v) is 4.72. The molecule has 0 aliphatic heterocycles. The van der Waals surface area contributed by atoms with E-state index in [1.807, 2.05) is 26.0 Å². The topological polar surface area (TPSA) is 64.6 Å². The number of halogens is 4. The summed E-state index contributed by atoms with van der Waals surface area (Å²) in [5.74, 6) is -1.35. The van der Waals surface area contributed by atoms with Gasteiger partial charge in [-0.2, -0.15) is 0 Å². The third-order valence-electron chi connectivity index (χ3n) is 6.50. The van der Waals surface area contributed by atoms with E-state index < -0.39 is 18.4 Å². The second-order valence-electron chi connectivity index (χ2n) is 9.53. The molecule has 9 heteroatoms. The van der Waals surface area contributed by atoms with Gasteiger partial charge in [0, 0.05) is 16.5 Å². The first-order valence-corrected chi connectivity index (χ1v) is 13.6. The summed E-state index contributed by atoms with van der Waals surface area (Å²) >= 11 is 6.07. The Labute approximate surface area is 237 Å². The number of carbonyl (C=O) groups excluding carboxylic acids is 2. The molecule has 0 saturated heterocycles. The lowest BCUT2D eigenvalue weighted by atomic mass is 9.83. The lowest BCUT2D eigenvalue weighted by Gasteiger charge is -2.29. The number of unbranched alkanes of at least 4 members (excludes halogenated alkanes) is 1. The number of esters is 1. The highest BCUT2D eigenvalue weighted by Crippen LogP contribution is 2.37. The van der Waals surface area contributed by atoms with Crippen molar-refractivity contribution in [3.8, 4) is 5.75 Å². The Kier molecular flexibility index (Phi) is 11.0. The summed E-state index contributed by atoms with van der Waals surface area (Å²) in [6.07, 6.45) is -1.69. The van der Waals surface area contributed by atoms with E-state index >= 15 is 0 Å². The third-order valence-corrected chi connectivity index (χ3v) is 6.74. The first-order valence-electron chi connectivity index (χ1n) is 13.2.